The summed E-state index contributed by atoms with van der Waals surface area (Å²) < 4.78 is 11.4. The Bertz CT molecular complexity index is 544. The van der Waals surface area contributed by atoms with Crippen LogP contribution in [0.5, 0.6) is 11.5 Å². The van der Waals surface area contributed by atoms with Gasteiger partial charge in [0.1, 0.15) is 0 Å². The molecule has 0 aromatic heterocycles. The summed E-state index contributed by atoms with van der Waals surface area (Å²) in [6, 6.07) is 5.74. The van der Waals surface area contributed by atoms with Crippen molar-refractivity contribution < 1.29 is 19.4 Å². The molecule has 1 amide bonds. The molecule has 1 fully saturated rings. The third kappa shape index (κ3) is 6.21. The van der Waals surface area contributed by atoms with Crippen LogP contribution in [0.15, 0.2) is 18.2 Å². The second-order valence-electron chi connectivity index (χ2n) is 6.41. The molecule has 2 rings (SSSR count). The van der Waals surface area contributed by atoms with Crippen LogP contribution in [0.3, 0.4) is 0 Å². The molecule has 0 aliphatic carbocycles. The van der Waals surface area contributed by atoms with Crippen LogP contribution in [0.25, 0.3) is 0 Å². The number of piperidine rings is 1. The number of carbonyl (C=O) groups is 1. The van der Waals surface area contributed by atoms with Crippen LogP contribution in [0, 0.1) is 0 Å². The first-order valence-electron chi connectivity index (χ1n) is 9.14. The van der Waals surface area contributed by atoms with Gasteiger partial charge >= 0.3 is 0 Å². The number of amides is 1. The number of nitrogens with one attached hydrogen (secondary N) is 1. The molecule has 1 heterocycles. The van der Waals surface area contributed by atoms with Crippen molar-refractivity contribution in [1.82, 2.24) is 10.2 Å². The summed E-state index contributed by atoms with van der Waals surface area (Å²) in [5.41, 5.74) is 1.04. The SMILES string of the molecule is CCOc1cc(CN[C@H](C)CO)ccc1OCC(=O)N1CCCCC1. The van der Waals surface area contributed by atoms with E-state index in [9.17, 15) is 4.79 Å². The van der Waals surface area contributed by atoms with E-state index < -0.39 is 0 Å². The highest BCUT2D eigenvalue weighted by molar-refractivity contribution is 5.78. The van der Waals surface area contributed by atoms with Crippen LogP contribution in [-0.2, 0) is 11.3 Å². The second kappa shape index (κ2) is 10.3. The summed E-state index contributed by atoms with van der Waals surface area (Å²) in [6.45, 7) is 6.80. The lowest BCUT2D eigenvalue weighted by Crippen LogP contribution is -2.38. The number of ether oxygens (including phenoxy) is 2. The number of hydrogen-bond acceptors (Lipinski definition) is 5. The summed E-state index contributed by atoms with van der Waals surface area (Å²) >= 11 is 0. The maximum absolute atomic E-state index is 12.2. The topological polar surface area (TPSA) is 71.0 Å². The van der Waals surface area contributed by atoms with Gasteiger partial charge in [-0.05, 0) is 50.8 Å². The van der Waals surface area contributed by atoms with Gasteiger partial charge in [0.15, 0.2) is 18.1 Å². The smallest absolute Gasteiger partial charge is 0.260 e. The van der Waals surface area contributed by atoms with Crippen LogP contribution >= 0.6 is 0 Å². The summed E-state index contributed by atoms with van der Waals surface area (Å²) in [5.74, 6) is 1.26. The van der Waals surface area contributed by atoms with Gasteiger partial charge in [-0.2, -0.15) is 0 Å². The zero-order valence-corrected chi connectivity index (χ0v) is 15.3. The molecular formula is C19H30N2O4. The summed E-state index contributed by atoms with van der Waals surface area (Å²) in [7, 11) is 0. The Labute approximate surface area is 150 Å². The maximum Gasteiger partial charge on any atom is 0.260 e. The van der Waals surface area contributed by atoms with Gasteiger partial charge in [-0.25, -0.2) is 0 Å². The van der Waals surface area contributed by atoms with Crippen LogP contribution in [0.2, 0.25) is 0 Å². The average Bonchev–Trinajstić information content (AvgIpc) is 2.66. The predicted octanol–water partition coefficient (Wildman–Crippen LogP) is 1.95. The first kappa shape index (κ1) is 19.5. The van der Waals surface area contributed by atoms with Crippen molar-refractivity contribution in [2.45, 2.75) is 45.7 Å². The minimum absolute atomic E-state index is 0.0321. The number of aliphatic hydroxyl groups is 1. The Hall–Kier alpha value is -1.79. The van der Waals surface area contributed by atoms with Gasteiger partial charge < -0.3 is 24.8 Å². The van der Waals surface area contributed by atoms with Crippen molar-refractivity contribution >= 4 is 5.91 Å². The fourth-order valence-corrected chi connectivity index (χ4v) is 2.78. The number of nitrogens with zero attached hydrogens (tertiary/aromatic N) is 1. The molecular weight excluding hydrogens is 320 g/mol. The van der Waals surface area contributed by atoms with Gasteiger partial charge in [0.25, 0.3) is 5.91 Å². The molecule has 1 aliphatic heterocycles. The molecule has 25 heavy (non-hydrogen) atoms. The first-order chi connectivity index (χ1) is 12.1. The van der Waals surface area contributed by atoms with E-state index in [1.165, 1.54) is 6.42 Å². The summed E-state index contributed by atoms with van der Waals surface area (Å²) in [4.78, 5) is 14.1. The Balaban J connectivity index is 1.95. The molecule has 1 aromatic carbocycles. The lowest BCUT2D eigenvalue weighted by atomic mass is 10.1. The quantitative estimate of drug-likeness (QED) is 0.712. The van der Waals surface area contributed by atoms with Gasteiger partial charge in [-0.1, -0.05) is 6.07 Å². The first-order valence-corrected chi connectivity index (χ1v) is 9.14. The van der Waals surface area contributed by atoms with Crippen LogP contribution in [-0.4, -0.2) is 54.9 Å². The van der Waals surface area contributed by atoms with Crippen molar-refractivity contribution in [2.75, 3.05) is 32.9 Å². The van der Waals surface area contributed by atoms with E-state index >= 15 is 0 Å². The maximum atomic E-state index is 12.2. The molecule has 140 valence electrons. The highest BCUT2D eigenvalue weighted by Gasteiger charge is 2.17. The van der Waals surface area contributed by atoms with Crippen molar-refractivity contribution in [1.29, 1.82) is 0 Å². The largest absolute Gasteiger partial charge is 0.490 e. The summed E-state index contributed by atoms with van der Waals surface area (Å²) in [6.07, 6.45) is 3.34. The van der Waals surface area contributed by atoms with E-state index in [0.717, 1.165) is 31.5 Å². The molecule has 6 nitrogen and oxygen atoms in total. The van der Waals surface area contributed by atoms with Crippen molar-refractivity contribution in [3.05, 3.63) is 23.8 Å². The Morgan fingerprint density at radius 2 is 2.00 bits per heavy atom. The second-order valence-corrected chi connectivity index (χ2v) is 6.41. The molecule has 0 spiro atoms. The normalized spacial score (nSPS) is 15.7. The molecule has 0 radical (unpaired) electrons. The zero-order chi connectivity index (χ0) is 18.1. The Morgan fingerprint density at radius 1 is 1.24 bits per heavy atom. The van der Waals surface area contributed by atoms with Crippen molar-refractivity contribution in [3.63, 3.8) is 0 Å². The number of benzene rings is 1. The van der Waals surface area contributed by atoms with E-state index in [0.29, 0.717) is 24.7 Å². The molecule has 1 saturated heterocycles. The van der Waals surface area contributed by atoms with Crippen LogP contribution in [0.4, 0.5) is 0 Å². The average molecular weight is 350 g/mol. The number of aliphatic hydroxyl groups excluding tert-OH is 1. The minimum Gasteiger partial charge on any atom is -0.490 e. The molecule has 0 saturated carbocycles. The van der Waals surface area contributed by atoms with E-state index in [1.54, 1.807) is 0 Å². The number of hydrogen-bond donors (Lipinski definition) is 2. The molecule has 0 unspecified atom stereocenters. The van der Waals surface area contributed by atoms with Gasteiger partial charge in [0.2, 0.25) is 0 Å². The van der Waals surface area contributed by atoms with Gasteiger partial charge in [-0.15, -0.1) is 0 Å². The third-order valence-corrected chi connectivity index (χ3v) is 4.30. The minimum atomic E-state index is 0.0321. The number of likely N-dealkylation sites (tertiary alicyclic amines) is 1. The van der Waals surface area contributed by atoms with Crippen LogP contribution in [0.1, 0.15) is 38.7 Å². The van der Waals surface area contributed by atoms with E-state index in [1.807, 2.05) is 36.9 Å². The van der Waals surface area contributed by atoms with Gasteiger partial charge in [0, 0.05) is 25.7 Å². The van der Waals surface area contributed by atoms with Crippen LogP contribution < -0.4 is 14.8 Å². The highest BCUT2D eigenvalue weighted by Crippen LogP contribution is 2.28. The molecule has 1 atom stereocenters. The molecule has 1 aromatic rings. The molecule has 1 aliphatic rings. The van der Waals surface area contributed by atoms with E-state index in [-0.39, 0.29) is 25.2 Å². The predicted molar refractivity (Wildman–Crippen MR) is 96.9 cm³/mol. The fraction of sp³-hybridized carbons (Fsp3) is 0.632. The molecule has 6 heteroatoms. The monoisotopic (exact) mass is 350 g/mol. The highest BCUT2D eigenvalue weighted by atomic mass is 16.5. The van der Waals surface area contributed by atoms with E-state index in [4.69, 9.17) is 14.6 Å². The lowest BCUT2D eigenvalue weighted by molar-refractivity contribution is -0.134. The Kier molecular flexibility index (Phi) is 8.01. The standard InChI is InChI=1S/C19H30N2O4/c1-3-24-18-11-16(12-20-15(2)13-22)7-8-17(18)25-14-19(23)21-9-5-4-6-10-21/h7-8,11,15,20,22H,3-6,9-10,12-14H2,1-2H3/t15-/m1/s1. The van der Waals surface area contributed by atoms with Gasteiger partial charge in [0.05, 0.1) is 13.2 Å². The fourth-order valence-electron chi connectivity index (χ4n) is 2.78. The van der Waals surface area contributed by atoms with Crippen molar-refractivity contribution in [3.8, 4) is 11.5 Å². The molecule has 0 bridgehead atoms. The molecule has 2 N–H and O–H groups in total. The van der Waals surface area contributed by atoms with Gasteiger partial charge in [-0.3, -0.25) is 4.79 Å². The lowest BCUT2D eigenvalue weighted by Gasteiger charge is -2.26. The summed E-state index contributed by atoms with van der Waals surface area (Å²) in [5, 5.41) is 12.3. The number of carbonyl (C=O) groups excluding carboxylic acids is 1. The van der Waals surface area contributed by atoms with E-state index in [2.05, 4.69) is 5.32 Å². The number of rotatable bonds is 9. The zero-order valence-electron chi connectivity index (χ0n) is 15.3. The third-order valence-electron chi connectivity index (χ3n) is 4.30. The van der Waals surface area contributed by atoms with Crippen molar-refractivity contribution in [2.24, 2.45) is 0 Å². The Morgan fingerprint density at radius 3 is 2.68 bits per heavy atom.